The highest BCUT2D eigenvalue weighted by atomic mass is 32.2. The second kappa shape index (κ2) is 9.41. The first-order valence-electron chi connectivity index (χ1n) is 11.5. The molecule has 1 unspecified atom stereocenters. The number of amides is 2. The van der Waals surface area contributed by atoms with Crippen LogP contribution in [0.3, 0.4) is 0 Å². The van der Waals surface area contributed by atoms with E-state index in [1.807, 2.05) is 17.8 Å². The number of β-lactam (4-membered cyclic amide) rings is 1. The molecule has 3 aliphatic rings. The molecule has 2 saturated heterocycles. The summed E-state index contributed by atoms with van der Waals surface area (Å²) < 4.78 is 3.18. The first kappa shape index (κ1) is 23.5. The third-order valence-electron chi connectivity index (χ3n) is 6.86. The van der Waals surface area contributed by atoms with Crippen molar-refractivity contribution in [1.29, 1.82) is 0 Å². The van der Waals surface area contributed by atoms with Gasteiger partial charge in [-0.05, 0) is 42.8 Å². The number of aliphatic carboxylic acids is 1. The Balaban J connectivity index is 1.28. The summed E-state index contributed by atoms with van der Waals surface area (Å²) in [6, 6.07) is -0.809. The second-order valence-corrected chi connectivity index (χ2v) is 10.4. The SMILES string of the molecule is C[C@H]1C(Sc2cnn(C[C@@H]3CCNC3)c2)=C(C(=O)O)N2C(=O)[C@H]([C@@H](C)NC(=O)Cn3cnnn3)C12. The van der Waals surface area contributed by atoms with E-state index in [1.54, 1.807) is 13.1 Å². The zero-order valence-corrected chi connectivity index (χ0v) is 20.2. The molecule has 0 spiro atoms. The van der Waals surface area contributed by atoms with Gasteiger partial charge in [-0.2, -0.15) is 5.10 Å². The maximum Gasteiger partial charge on any atom is 0.353 e. The van der Waals surface area contributed by atoms with Crippen LogP contribution in [0, 0.1) is 17.8 Å². The third kappa shape index (κ3) is 4.43. The predicted molar refractivity (Wildman–Crippen MR) is 122 cm³/mol. The number of carboxylic acids is 1. The molecule has 2 fully saturated rings. The van der Waals surface area contributed by atoms with E-state index in [1.165, 1.54) is 27.7 Å². The van der Waals surface area contributed by atoms with Crippen LogP contribution in [0.4, 0.5) is 0 Å². The van der Waals surface area contributed by atoms with Crippen molar-refractivity contribution in [3.8, 4) is 0 Å². The number of tetrazole rings is 1. The summed E-state index contributed by atoms with van der Waals surface area (Å²) in [5, 5.41) is 31.2. The summed E-state index contributed by atoms with van der Waals surface area (Å²) >= 11 is 1.35. The van der Waals surface area contributed by atoms with Crippen molar-refractivity contribution in [2.45, 2.75) is 50.3 Å². The van der Waals surface area contributed by atoms with Gasteiger partial charge in [-0.3, -0.25) is 14.3 Å². The van der Waals surface area contributed by atoms with E-state index in [2.05, 4.69) is 31.3 Å². The molecule has 0 saturated carbocycles. The number of nitrogens with one attached hydrogen (secondary N) is 2. The molecule has 2 amide bonds. The lowest BCUT2D eigenvalue weighted by Gasteiger charge is -2.47. The summed E-state index contributed by atoms with van der Waals surface area (Å²) in [6.45, 7) is 6.42. The van der Waals surface area contributed by atoms with Crippen molar-refractivity contribution in [1.82, 2.24) is 45.5 Å². The zero-order valence-electron chi connectivity index (χ0n) is 19.4. The lowest BCUT2D eigenvalue weighted by atomic mass is 9.78. The molecule has 13 nitrogen and oxygen atoms in total. The summed E-state index contributed by atoms with van der Waals surface area (Å²) in [5.41, 5.74) is 0.0220. The van der Waals surface area contributed by atoms with Gasteiger partial charge in [0.25, 0.3) is 0 Å². The Morgan fingerprint density at radius 1 is 1.37 bits per heavy atom. The van der Waals surface area contributed by atoms with Crippen LogP contribution in [0.15, 0.2) is 34.2 Å². The third-order valence-corrected chi connectivity index (χ3v) is 8.09. The molecule has 0 aliphatic carbocycles. The number of fused-ring (bicyclic) bond motifs is 1. The van der Waals surface area contributed by atoms with Crippen LogP contribution in [-0.2, 0) is 27.5 Å². The van der Waals surface area contributed by atoms with Crippen molar-refractivity contribution in [3.63, 3.8) is 0 Å². The van der Waals surface area contributed by atoms with Crippen LogP contribution >= 0.6 is 11.8 Å². The quantitative estimate of drug-likeness (QED) is 0.384. The summed E-state index contributed by atoms with van der Waals surface area (Å²) in [4.78, 5) is 40.4. The molecule has 186 valence electrons. The highest BCUT2D eigenvalue weighted by Gasteiger charge is 2.60. The van der Waals surface area contributed by atoms with Gasteiger partial charge in [0.1, 0.15) is 18.6 Å². The topological polar surface area (TPSA) is 160 Å². The Labute approximate surface area is 205 Å². The highest BCUT2D eigenvalue weighted by Crippen LogP contribution is 2.51. The number of carbonyl (C=O) groups excluding carboxylic acids is 2. The first-order valence-corrected chi connectivity index (χ1v) is 12.4. The highest BCUT2D eigenvalue weighted by molar-refractivity contribution is 8.03. The normalized spacial score (nSPS) is 26.6. The number of hydrogen-bond donors (Lipinski definition) is 3. The van der Waals surface area contributed by atoms with E-state index in [9.17, 15) is 19.5 Å². The largest absolute Gasteiger partial charge is 0.477 e. The molecule has 35 heavy (non-hydrogen) atoms. The van der Waals surface area contributed by atoms with Crippen LogP contribution in [0.1, 0.15) is 20.3 Å². The average molecular weight is 502 g/mol. The summed E-state index contributed by atoms with van der Waals surface area (Å²) in [6.07, 6.45) is 6.11. The second-order valence-electron chi connectivity index (χ2n) is 9.25. The number of hydrogen-bond acceptors (Lipinski definition) is 9. The van der Waals surface area contributed by atoms with Gasteiger partial charge in [-0.25, -0.2) is 9.48 Å². The lowest BCUT2D eigenvalue weighted by Crippen LogP contribution is -2.66. The Bertz CT molecular complexity index is 1160. The fourth-order valence-corrected chi connectivity index (χ4v) is 6.36. The molecule has 14 heteroatoms. The van der Waals surface area contributed by atoms with E-state index in [0.29, 0.717) is 10.8 Å². The average Bonchev–Trinajstić information content (AvgIpc) is 3.59. The molecule has 0 radical (unpaired) electrons. The van der Waals surface area contributed by atoms with Gasteiger partial charge in [-0.15, -0.1) is 5.10 Å². The molecule has 0 bridgehead atoms. The molecule has 3 N–H and O–H groups in total. The summed E-state index contributed by atoms with van der Waals surface area (Å²) in [7, 11) is 0. The van der Waals surface area contributed by atoms with Crippen LogP contribution < -0.4 is 10.6 Å². The van der Waals surface area contributed by atoms with Gasteiger partial charge in [-0.1, -0.05) is 18.7 Å². The first-order chi connectivity index (χ1) is 16.8. The van der Waals surface area contributed by atoms with Crippen molar-refractivity contribution < 1.29 is 19.5 Å². The maximum atomic E-state index is 13.0. The molecule has 2 aromatic heterocycles. The zero-order chi connectivity index (χ0) is 24.7. The van der Waals surface area contributed by atoms with Gasteiger partial charge in [0.05, 0.1) is 18.2 Å². The fraction of sp³-hybridized carbons (Fsp3) is 0.571. The number of thioether (sulfide) groups is 1. The number of aromatic nitrogens is 6. The van der Waals surface area contributed by atoms with Gasteiger partial charge in [0.2, 0.25) is 11.8 Å². The minimum atomic E-state index is -1.13. The molecule has 5 heterocycles. The maximum absolute atomic E-state index is 13.0. The molecule has 5 rings (SSSR count). The van der Waals surface area contributed by atoms with Crippen LogP contribution in [0.5, 0.6) is 0 Å². The van der Waals surface area contributed by atoms with Crippen LogP contribution in [-0.4, -0.2) is 83.0 Å². The molecule has 0 aromatic carbocycles. The van der Waals surface area contributed by atoms with Crippen molar-refractivity contribution in [3.05, 3.63) is 29.3 Å². The van der Waals surface area contributed by atoms with E-state index in [0.717, 1.165) is 31.0 Å². The molecular formula is C21H27N9O4S. The monoisotopic (exact) mass is 501 g/mol. The number of carboxylic acid groups (broad SMARTS) is 1. The van der Waals surface area contributed by atoms with Crippen LogP contribution in [0.2, 0.25) is 0 Å². The summed E-state index contributed by atoms with van der Waals surface area (Å²) in [5.74, 6) is -1.94. The number of rotatable bonds is 9. The molecule has 2 aromatic rings. The fourth-order valence-electron chi connectivity index (χ4n) is 5.22. The van der Waals surface area contributed by atoms with E-state index in [4.69, 9.17) is 0 Å². The predicted octanol–water partition coefficient (Wildman–Crippen LogP) is -0.451. The van der Waals surface area contributed by atoms with Gasteiger partial charge in [0, 0.05) is 34.5 Å². The van der Waals surface area contributed by atoms with Gasteiger partial charge < -0.3 is 20.6 Å². The Hall–Kier alpha value is -3.26. The number of carbonyl (C=O) groups is 3. The van der Waals surface area contributed by atoms with Crippen molar-refractivity contribution in [2.75, 3.05) is 13.1 Å². The molecular weight excluding hydrogens is 474 g/mol. The Kier molecular flexibility index (Phi) is 6.32. The minimum absolute atomic E-state index is 0.0220. The number of nitrogens with zero attached hydrogens (tertiary/aromatic N) is 7. The molecule has 5 atom stereocenters. The van der Waals surface area contributed by atoms with E-state index in [-0.39, 0.29) is 36.0 Å². The van der Waals surface area contributed by atoms with Crippen LogP contribution in [0.25, 0.3) is 0 Å². The van der Waals surface area contributed by atoms with Gasteiger partial charge in [0.15, 0.2) is 0 Å². The van der Waals surface area contributed by atoms with E-state index < -0.39 is 17.9 Å². The van der Waals surface area contributed by atoms with E-state index >= 15 is 0 Å². The molecule has 3 aliphatic heterocycles. The van der Waals surface area contributed by atoms with Crippen molar-refractivity contribution >= 4 is 29.5 Å². The smallest absolute Gasteiger partial charge is 0.353 e. The Morgan fingerprint density at radius 3 is 2.89 bits per heavy atom. The standard InChI is InChI=1S/C21H27N9O4S/c1-11-17-16(12(2)25-15(31)9-29-10-23-26-27-29)20(32)30(17)18(21(33)34)19(11)35-14-6-24-28(8-14)7-13-3-4-22-5-13/h6,8,10-13,16-17,22H,3-5,7,9H2,1-2H3,(H,25,31)(H,33,34)/t11-,12-,13-,16-,17?/m1/s1. The van der Waals surface area contributed by atoms with Gasteiger partial charge >= 0.3 is 5.97 Å². The van der Waals surface area contributed by atoms with Crippen molar-refractivity contribution in [2.24, 2.45) is 17.8 Å². The minimum Gasteiger partial charge on any atom is -0.477 e. The Morgan fingerprint density at radius 2 is 2.20 bits per heavy atom. The lowest BCUT2D eigenvalue weighted by molar-refractivity contribution is -0.158.